The number of aromatic nitrogens is 2. The maximum atomic E-state index is 12.2. The predicted octanol–water partition coefficient (Wildman–Crippen LogP) is 3.94. The van der Waals surface area contributed by atoms with Crippen molar-refractivity contribution in [2.45, 2.75) is 33.0 Å². The first kappa shape index (κ1) is 24.8. The number of Topliss-reactive ketones (excluding diaryl/α,β-unsaturated/α-hetero) is 1. The highest BCUT2D eigenvalue weighted by molar-refractivity contribution is 7.12. The molecule has 3 aromatic rings. The zero-order chi connectivity index (χ0) is 23.9. The number of hydrogen-bond acceptors (Lipinski definition) is 5. The number of ketones is 1. The van der Waals surface area contributed by atoms with Gasteiger partial charge in [-0.1, -0.05) is 18.2 Å². The van der Waals surface area contributed by atoms with Crippen LogP contribution in [0.1, 0.15) is 33.5 Å². The van der Waals surface area contributed by atoms with Gasteiger partial charge in [-0.25, -0.2) is 9.78 Å². The highest BCUT2D eigenvalue weighted by Crippen LogP contribution is 2.17. The summed E-state index contributed by atoms with van der Waals surface area (Å²) in [5.74, 6) is -1.90. The Morgan fingerprint density at radius 2 is 1.88 bits per heavy atom. The number of hydrogen-bond donors (Lipinski definition) is 2. The van der Waals surface area contributed by atoms with E-state index >= 15 is 0 Å². The first-order valence-corrected chi connectivity index (χ1v) is 10.1. The molecule has 0 unspecified atom stereocenters. The molecule has 0 saturated heterocycles. The lowest BCUT2D eigenvalue weighted by atomic mass is 10.1. The number of alkyl halides is 3. The molecule has 0 spiro atoms. The fourth-order valence-corrected chi connectivity index (χ4v) is 3.44. The Hall–Kier alpha value is -3.47. The number of carbonyl (C=O) groups excluding carboxylic acids is 2. The first-order valence-electron chi connectivity index (χ1n) is 9.22. The third kappa shape index (κ3) is 7.05. The molecule has 0 aliphatic rings. The largest absolute Gasteiger partial charge is 0.490 e. The van der Waals surface area contributed by atoms with Crippen LogP contribution in [0.4, 0.5) is 13.2 Å². The zero-order valence-electron chi connectivity index (χ0n) is 17.1. The number of rotatable bonds is 6. The molecule has 3 rings (SSSR count). The Morgan fingerprint density at radius 3 is 2.41 bits per heavy atom. The standard InChI is InChI=1S/C19H19N3O2S.C2HF3O2/c1-13(23)18-9-15(12-25-18)10-19(24)21-11-16-5-3-4-6-17(16)22-8-7-20-14(22)2;3-2(4,5)1(6)7/h3-9,12H,10-11H2,1-2H3,(H,21,24);(H,6,7). The van der Waals surface area contributed by atoms with Crippen molar-refractivity contribution in [3.05, 3.63) is 69.9 Å². The van der Waals surface area contributed by atoms with Crippen molar-refractivity contribution in [1.82, 2.24) is 14.9 Å². The summed E-state index contributed by atoms with van der Waals surface area (Å²) in [6, 6.07) is 9.71. The number of nitrogens with zero attached hydrogens (tertiary/aromatic N) is 2. The fraction of sp³-hybridized carbons (Fsp3) is 0.238. The monoisotopic (exact) mass is 467 g/mol. The molecule has 1 aromatic carbocycles. The van der Waals surface area contributed by atoms with Crippen molar-refractivity contribution < 1.29 is 32.7 Å². The van der Waals surface area contributed by atoms with Crippen molar-refractivity contribution in [3.63, 3.8) is 0 Å². The van der Waals surface area contributed by atoms with Crippen LogP contribution in [-0.4, -0.2) is 38.5 Å². The van der Waals surface area contributed by atoms with Gasteiger partial charge in [-0.3, -0.25) is 9.59 Å². The van der Waals surface area contributed by atoms with E-state index in [0.29, 0.717) is 11.4 Å². The molecule has 0 aliphatic heterocycles. The second-order valence-corrected chi connectivity index (χ2v) is 7.52. The Balaban J connectivity index is 0.000000451. The molecule has 2 N–H and O–H groups in total. The molecule has 0 saturated carbocycles. The van der Waals surface area contributed by atoms with E-state index in [1.165, 1.54) is 18.3 Å². The molecule has 0 aliphatic carbocycles. The number of para-hydroxylation sites is 1. The zero-order valence-corrected chi connectivity index (χ0v) is 18.0. The average Bonchev–Trinajstić information content (AvgIpc) is 3.35. The molecule has 7 nitrogen and oxygen atoms in total. The van der Waals surface area contributed by atoms with E-state index in [1.54, 1.807) is 12.3 Å². The van der Waals surface area contributed by atoms with Gasteiger partial charge in [0.2, 0.25) is 5.91 Å². The van der Waals surface area contributed by atoms with Crippen LogP contribution in [0.15, 0.2) is 48.1 Å². The lowest BCUT2D eigenvalue weighted by Crippen LogP contribution is -2.25. The Labute approximate surface area is 185 Å². The van der Waals surface area contributed by atoms with Crippen molar-refractivity contribution in [2.24, 2.45) is 0 Å². The van der Waals surface area contributed by atoms with Crippen LogP contribution < -0.4 is 5.32 Å². The number of carboxylic acid groups (broad SMARTS) is 1. The van der Waals surface area contributed by atoms with Gasteiger partial charge in [0.1, 0.15) is 5.82 Å². The second-order valence-electron chi connectivity index (χ2n) is 6.60. The van der Waals surface area contributed by atoms with Crippen molar-refractivity contribution in [2.75, 3.05) is 0 Å². The molecule has 170 valence electrons. The molecule has 0 atom stereocenters. The van der Waals surface area contributed by atoms with Crippen LogP contribution in [0.3, 0.4) is 0 Å². The Kier molecular flexibility index (Phi) is 8.30. The lowest BCUT2D eigenvalue weighted by Gasteiger charge is -2.12. The SMILES string of the molecule is CC(=O)c1cc(CC(=O)NCc2ccccc2-n2ccnc2C)cs1.O=C(O)C(F)(F)F. The van der Waals surface area contributed by atoms with Crippen molar-refractivity contribution in [3.8, 4) is 5.69 Å². The topological polar surface area (TPSA) is 101 Å². The van der Waals surface area contributed by atoms with E-state index in [9.17, 15) is 22.8 Å². The summed E-state index contributed by atoms with van der Waals surface area (Å²) < 4.78 is 33.7. The van der Waals surface area contributed by atoms with E-state index in [0.717, 1.165) is 22.6 Å². The van der Waals surface area contributed by atoms with Gasteiger partial charge in [0, 0.05) is 18.9 Å². The molecule has 0 fully saturated rings. The summed E-state index contributed by atoms with van der Waals surface area (Å²) >= 11 is 1.38. The normalized spacial score (nSPS) is 10.8. The summed E-state index contributed by atoms with van der Waals surface area (Å²) in [4.78, 5) is 37.4. The number of imidazole rings is 1. The number of halogens is 3. The quantitative estimate of drug-likeness (QED) is 0.535. The van der Waals surface area contributed by atoms with Crippen LogP contribution in [0.5, 0.6) is 0 Å². The molecule has 0 bridgehead atoms. The maximum absolute atomic E-state index is 12.2. The van der Waals surface area contributed by atoms with Gasteiger partial charge in [-0.05, 0) is 42.5 Å². The molecule has 32 heavy (non-hydrogen) atoms. The van der Waals surface area contributed by atoms with Gasteiger partial charge in [0.05, 0.1) is 17.0 Å². The van der Waals surface area contributed by atoms with Crippen molar-refractivity contribution >= 4 is 29.0 Å². The van der Waals surface area contributed by atoms with Gasteiger partial charge in [-0.15, -0.1) is 11.3 Å². The average molecular weight is 467 g/mol. The minimum absolute atomic E-state index is 0.0290. The van der Waals surface area contributed by atoms with Crippen LogP contribution in [-0.2, 0) is 22.6 Å². The fourth-order valence-electron chi connectivity index (χ4n) is 2.62. The summed E-state index contributed by atoms with van der Waals surface area (Å²) in [6.07, 6.45) is -1.14. The first-order chi connectivity index (χ1) is 15.0. The molecule has 2 aromatic heterocycles. The molecular formula is C21H20F3N3O4S. The van der Waals surface area contributed by atoms with E-state index in [-0.39, 0.29) is 18.1 Å². The number of aryl methyl sites for hydroxylation is 1. The number of carbonyl (C=O) groups is 3. The summed E-state index contributed by atoms with van der Waals surface area (Å²) in [6.45, 7) is 3.92. The molecule has 0 radical (unpaired) electrons. The molecule has 2 heterocycles. The van der Waals surface area contributed by atoms with Gasteiger partial charge in [0.15, 0.2) is 5.78 Å². The highest BCUT2D eigenvalue weighted by atomic mass is 32.1. The third-order valence-electron chi connectivity index (χ3n) is 4.16. The van der Waals surface area contributed by atoms with Crippen LogP contribution in [0.25, 0.3) is 5.69 Å². The number of nitrogens with one attached hydrogen (secondary N) is 1. The molecule has 11 heteroatoms. The van der Waals surface area contributed by atoms with Crippen LogP contribution >= 0.6 is 11.3 Å². The van der Waals surface area contributed by atoms with Gasteiger partial charge < -0.3 is 15.0 Å². The summed E-state index contributed by atoms with van der Waals surface area (Å²) in [7, 11) is 0. The summed E-state index contributed by atoms with van der Waals surface area (Å²) in [5.41, 5.74) is 2.89. The minimum atomic E-state index is -5.08. The van der Waals surface area contributed by atoms with Gasteiger partial charge in [-0.2, -0.15) is 13.2 Å². The van der Waals surface area contributed by atoms with Crippen LogP contribution in [0.2, 0.25) is 0 Å². The smallest absolute Gasteiger partial charge is 0.475 e. The summed E-state index contributed by atoms with van der Waals surface area (Å²) in [5, 5.41) is 11.9. The van der Waals surface area contributed by atoms with E-state index in [4.69, 9.17) is 9.90 Å². The maximum Gasteiger partial charge on any atom is 0.490 e. The van der Waals surface area contributed by atoms with Crippen molar-refractivity contribution in [1.29, 1.82) is 0 Å². The number of amides is 1. The van der Waals surface area contributed by atoms with E-state index < -0.39 is 12.1 Å². The van der Waals surface area contributed by atoms with Gasteiger partial charge >= 0.3 is 12.1 Å². The predicted molar refractivity (Wildman–Crippen MR) is 112 cm³/mol. The number of aliphatic carboxylic acids is 1. The Morgan fingerprint density at radius 1 is 1.22 bits per heavy atom. The third-order valence-corrected chi connectivity index (χ3v) is 5.24. The number of carboxylic acids is 1. The number of thiophene rings is 1. The Bertz CT molecular complexity index is 1110. The molecular weight excluding hydrogens is 447 g/mol. The number of benzene rings is 1. The second kappa shape index (κ2) is 10.7. The molecule has 1 amide bonds. The minimum Gasteiger partial charge on any atom is -0.475 e. The van der Waals surface area contributed by atoms with Crippen LogP contribution in [0, 0.1) is 6.92 Å². The highest BCUT2D eigenvalue weighted by Gasteiger charge is 2.38. The van der Waals surface area contributed by atoms with E-state index in [1.807, 2.05) is 47.3 Å². The van der Waals surface area contributed by atoms with Gasteiger partial charge in [0.25, 0.3) is 0 Å². The van der Waals surface area contributed by atoms with E-state index in [2.05, 4.69) is 10.3 Å². The lowest BCUT2D eigenvalue weighted by molar-refractivity contribution is -0.192.